The minimum absolute atomic E-state index is 0.284. The van der Waals surface area contributed by atoms with Crippen LogP contribution in [0.2, 0.25) is 0 Å². The van der Waals surface area contributed by atoms with Crippen molar-refractivity contribution in [3.8, 4) is 5.75 Å². The number of amides is 1. The Kier molecular flexibility index (Phi) is 6.09. The molecule has 134 valence electrons. The summed E-state index contributed by atoms with van der Waals surface area (Å²) >= 11 is 0. The maximum Gasteiger partial charge on any atom is 0.222 e. The van der Waals surface area contributed by atoms with Crippen molar-refractivity contribution in [2.45, 2.75) is 44.6 Å². The second kappa shape index (κ2) is 8.70. The molecule has 0 radical (unpaired) electrons. The minimum Gasteiger partial charge on any atom is -0.497 e. The van der Waals surface area contributed by atoms with E-state index in [0.717, 1.165) is 50.9 Å². The van der Waals surface area contributed by atoms with Gasteiger partial charge in [-0.25, -0.2) is 0 Å². The van der Waals surface area contributed by atoms with Crippen LogP contribution in [-0.4, -0.2) is 40.8 Å². The van der Waals surface area contributed by atoms with Gasteiger partial charge in [0.05, 0.1) is 13.2 Å². The average molecular weight is 341 g/mol. The van der Waals surface area contributed by atoms with Gasteiger partial charge < -0.3 is 9.64 Å². The van der Waals surface area contributed by atoms with Crippen LogP contribution in [0.1, 0.15) is 43.7 Å². The number of methoxy groups -OCH3 is 1. The van der Waals surface area contributed by atoms with Crippen molar-refractivity contribution in [1.29, 1.82) is 0 Å². The Morgan fingerprint density at radius 2 is 2.12 bits per heavy atom. The Balaban J connectivity index is 1.39. The van der Waals surface area contributed by atoms with Crippen molar-refractivity contribution in [3.63, 3.8) is 0 Å². The van der Waals surface area contributed by atoms with Crippen LogP contribution in [0.4, 0.5) is 0 Å². The second-order valence-corrected chi connectivity index (χ2v) is 6.68. The average Bonchev–Trinajstić information content (AvgIpc) is 3.20. The number of carbonyl (C=O) groups excluding carboxylic acids is 1. The first-order chi connectivity index (χ1) is 12.3. The van der Waals surface area contributed by atoms with Gasteiger partial charge in [-0.05, 0) is 55.9 Å². The topological polar surface area (TPSA) is 47.4 Å². The van der Waals surface area contributed by atoms with Gasteiger partial charge in [-0.15, -0.1) is 0 Å². The normalized spacial score (nSPS) is 17.5. The van der Waals surface area contributed by atoms with Gasteiger partial charge in [0, 0.05) is 31.9 Å². The molecule has 2 heterocycles. The largest absolute Gasteiger partial charge is 0.497 e. The van der Waals surface area contributed by atoms with Crippen LogP contribution in [0, 0.1) is 0 Å². The van der Waals surface area contributed by atoms with Crippen LogP contribution in [-0.2, 0) is 11.2 Å². The Morgan fingerprint density at radius 3 is 2.84 bits per heavy atom. The van der Waals surface area contributed by atoms with Crippen LogP contribution < -0.4 is 4.74 Å². The Hall–Kier alpha value is -2.30. The molecule has 0 bridgehead atoms. The van der Waals surface area contributed by atoms with Crippen molar-refractivity contribution in [3.05, 3.63) is 48.3 Å². The first-order valence-corrected chi connectivity index (χ1v) is 9.16. The lowest BCUT2D eigenvalue weighted by Crippen LogP contribution is -2.40. The summed E-state index contributed by atoms with van der Waals surface area (Å²) in [5, 5.41) is 4.32. The third-order valence-electron chi connectivity index (χ3n) is 4.91. The van der Waals surface area contributed by atoms with E-state index in [2.05, 4.69) is 17.2 Å². The molecule has 1 saturated heterocycles. The number of ether oxygens (including phenoxy) is 1. The molecule has 0 saturated carbocycles. The zero-order valence-corrected chi connectivity index (χ0v) is 14.9. The third-order valence-corrected chi connectivity index (χ3v) is 4.91. The highest BCUT2D eigenvalue weighted by Crippen LogP contribution is 2.21. The lowest BCUT2D eigenvalue weighted by Gasteiger charge is -2.33. The second-order valence-electron chi connectivity index (χ2n) is 6.68. The molecule has 0 N–H and O–H groups in total. The van der Waals surface area contributed by atoms with Crippen molar-refractivity contribution in [1.82, 2.24) is 14.7 Å². The number of hydrogen-bond acceptors (Lipinski definition) is 3. The van der Waals surface area contributed by atoms with E-state index >= 15 is 0 Å². The minimum atomic E-state index is 0.284. The highest BCUT2D eigenvalue weighted by molar-refractivity contribution is 5.76. The molecule has 5 heteroatoms. The van der Waals surface area contributed by atoms with Gasteiger partial charge in [0.2, 0.25) is 5.91 Å². The maximum atomic E-state index is 12.5. The third kappa shape index (κ3) is 4.84. The molecule has 25 heavy (non-hydrogen) atoms. The molecule has 2 aromatic rings. The van der Waals surface area contributed by atoms with Gasteiger partial charge in [-0.2, -0.15) is 5.10 Å². The summed E-state index contributed by atoms with van der Waals surface area (Å²) in [4.78, 5) is 14.5. The summed E-state index contributed by atoms with van der Waals surface area (Å²) in [6.45, 7) is 1.67. The summed E-state index contributed by atoms with van der Waals surface area (Å²) in [6, 6.07) is 10.4. The van der Waals surface area contributed by atoms with Gasteiger partial charge in [0.15, 0.2) is 0 Å². The standard InChI is InChI=1S/C20H27N3O2/c1-25-19-11-9-17(10-12-19)6-2-3-8-20(24)22-14-4-7-18(16-22)23-15-5-13-21-23/h5,9-13,15,18H,2-4,6-8,14,16H2,1H3. The van der Waals surface area contributed by atoms with Crippen molar-refractivity contribution in [2.24, 2.45) is 0 Å². The number of aryl methyl sites for hydroxylation is 1. The van der Waals surface area contributed by atoms with Crippen LogP contribution in [0.3, 0.4) is 0 Å². The number of benzene rings is 1. The number of carbonyl (C=O) groups is 1. The Bertz CT molecular complexity index is 652. The van der Waals surface area contributed by atoms with Crippen molar-refractivity contribution < 1.29 is 9.53 Å². The number of hydrogen-bond donors (Lipinski definition) is 0. The van der Waals surface area contributed by atoms with E-state index in [9.17, 15) is 4.79 Å². The molecule has 5 nitrogen and oxygen atoms in total. The summed E-state index contributed by atoms with van der Waals surface area (Å²) in [6.07, 6.45) is 9.58. The molecule has 1 aromatic heterocycles. The number of unbranched alkanes of at least 4 members (excludes halogenated alkanes) is 1. The van der Waals surface area contributed by atoms with Crippen LogP contribution in [0.15, 0.2) is 42.7 Å². The SMILES string of the molecule is COc1ccc(CCCCC(=O)N2CCCC(n3cccn3)C2)cc1. The van der Waals surface area contributed by atoms with Crippen molar-refractivity contribution in [2.75, 3.05) is 20.2 Å². The Labute approximate surface area is 149 Å². The van der Waals surface area contributed by atoms with E-state index in [-0.39, 0.29) is 5.91 Å². The fourth-order valence-electron chi connectivity index (χ4n) is 3.45. The van der Waals surface area contributed by atoms with Gasteiger partial charge >= 0.3 is 0 Å². The molecule has 1 atom stereocenters. The summed E-state index contributed by atoms with van der Waals surface area (Å²) in [5.41, 5.74) is 1.30. The predicted octanol–water partition coefficient (Wildman–Crippen LogP) is 3.47. The number of likely N-dealkylation sites (tertiary alicyclic amines) is 1. The highest BCUT2D eigenvalue weighted by atomic mass is 16.5. The van der Waals surface area contributed by atoms with E-state index in [1.807, 2.05) is 34.0 Å². The first kappa shape index (κ1) is 17.5. The van der Waals surface area contributed by atoms with E-state index in [0.29, 0.717) is 12.5 Å². The quantitative estimate of drug-likeness (QED) is 0.725. The van der Waals surface area contributed by atoms with Crippen LogP contribution in [0.25, 0.3) is 0 Å². The monoisotopic (exact) mass is 341 g/mol. The number of nitrogens with zero attached hydrogens (tertiary/aromatic N) is 3. The fraction of sp³-hybridized carbons (Fsp3) is 0.500. The molecular weight excluding hydrogens is 314 g/mol. The van der Waals surface area contributed by atoms with Crippen LogP contribution >= 0.6 is 0 Å². The fourth-order valence-corrected chi connectivity index (χ4v) is 3.45. The van der Waals surface area contributed by atoms with Gasteiger partial charge in [-0.3, -0.25) is 9.48 Å². The molecular formula is C20H27N3O2. The summed E-state index contributed by atoms with van der Waals surface area (Å²) < 4.78 is 7.16. The smallest absolute Gasteiger partial charge is 0.222 e. The molecule has 1 unspecified atom stereocenters. The molecule has 0 aliphatic carbocycles. The highest BCUT2D eigenvalue weighted by Gasteiger charge is 2.24. The molecule has 1 aromatic carbocycles. The van der Waals surface area contributed by atoms with Gasteiger partial charge in [0.1, 0.15) is 5.75 Å². The Morgan fingerprint density at radius 1 is 1.28 bits per heavy atom. The zero-order chi connectivity index (χ0) is 17.5. The molecule has 1 amide bonds. The lowest BCUT2D eigenvalue weighted by atomic mass is 10.0. The predicted molar refractivity (Wildman–Crippen MR) is 97.6 cm³/mol. The zero-order valence-electron chi connectivity index (χ0n) is 14.9. The summed E-state index contributed by atoms with van der Waals surface area (Å²) in [5.74, 6) is 1.17. The van der Waals surface area contributed by atoms with E-state index in [1.165, 1.54) is 5.56 Å². The molecule has 1 aliphatic rings. The van der Waals surface area contributed by atoms with E-state index in [4.69, 9.17) is 4.74 Å². The molecule has 1 fully saturated rings. The molecule has 3 rings (SSSR count). The van der Waals surface area contributed by atoms with Crippen molar-refractivity contribution >= 4 is 5.91 Å². The molecule has 0 spiro atoms. The number of aromatic nitrogens is 2. The van der Waals surface area contributed by atoms with Gasteiger partial charge in [-0.1, -0.05) is 12.1 Å². The lowest BCUT2D eigenvalue weighted by molar-refractivity contribution is -0.133. The van der Waals surface area contributed by atoms with E-state index in [1.54, 1.807) is 13.3 Å². The molecule has 1 aliphatic heterocycles. The van der Waals surface area contributed by atoms with Gasteiger partial charge in [0.25, 0.3) is 0 Å². The number of piperidine rings is 1. The summed E-state index contributed by atoms with van der Waals surface area (Å²) in [7, 11) is 1.68. The van der Waals surface area contributed by atoms with Crippen LogP contribution in [0.5, 0.6) is 5.75 Å². The van der Waals surface area contributed by atoms with E-state index < -0.39 is 0 Å². The number of rotatable bonds is 7. The maximum absolute atomic E-state index is 12.5. The first-order valence-electron chi connectivity index (χ1n) is 9.16.